The van der Waals surface area contributed by atoms with Crippen LogP contribution in [0.1, 0.15) is 61.9 Å². The van der Waals surface area contributed by atoms with Crippen molar-refractivity contribution in [3.8, 4) is 0 Å². The molecule has 2 fully saturated rings. The zero-order valence-corrected chi connectivity index (χ0v) is 25.8. The Hall–Kier alpha value is -4.73. The van der Waals surface area contributed by atoms with Crippen molar-refractivity contribution in [1.82, 2.24) is 20.4 Å². The van der Waals surface area contributed by atoms with E-state index in [2.05, 4.69) is 20.9 Å². The summed E-state index contributed by atoms with van der Waals surface area (Å²) in [6, 6.07) is 2.67. The van der Waals surface area contributed by atoms with Crippen LogP contribution < -0.4 is 33.2 Å². The van der Waals surface area contributed by atoms with Crippen LogP contribution in [0.4, 0.5) is 5.69 Å². The molecule has 1 aromatic rings. The molecule has 1 spiro atoms. The van der Waals surface area contributed by atoms with Gasteiger partial charge < -0.3 is 48.1 Å². The topological polar surface area (TPSA) is 256 Å². The smallest absolute Gasteiger partial charge is 0.254 e. The number of guanidine groups is 1. The predicted octanol–water partition coefficient (Wildman–Crippen LogP) is -1.95. The van der Waals surface area contributed by atoms with Gasteiger partial charge in [0.05, 0.1) is 12.6 Å². The molecule has 1 aromatic carbocycles. The zero-order valence-electron chi connectivity index (χ0n) is 25.8. The van der Waals surface area contributed by atoms with E-state index in [1.807, 2.05) is 0 Å². The first-order valence-electron chi connectivity index (χ1n) is 14.8. The molecule has 2 unspecified atom stereocenters. The number of amides is 6. The number of benzene rings is 1. The fraction of sp³-hybridized carbons (Fsp3) is 0.552. The van der Waals surface area contributed by atoms with Crippen LogP contribution in [0.3, 0.4) is 0 Å². The summed E-state index contributed by atoms with van der Waals surface area (Å²) in [6.45, 7) is 4.84. The van der Waals surface area contributed by atoms with E-state index in [-0.39, 0.29) is 49.4 Å². The highest BCUT2D eigenvalue weighted by atomic mass is 16.3. The molecular formula is C29H43N9O7. The molecule has 0 radical (unpaired) electrons. The van der Waals surface area contributed by atoms with Crippen LogP contribution in [0.2, 0.25) is 0 Å². The second kappa shape index (κ2) is 14.8. The molecule has 246 valence electrons. The lowest BCUT2D eigenvalue weighted by atomic mass is 9.93. The number of primary amides is 1. The Morgan fingerprint density at radius 3 is 2.42 bits per heavy atom. The Kier molecular flexibility index (Phi) is 11.5. The van der Waals surface area contributed by atoms with Crippen LogP contribution in [0, 0.1) is 6.92 Å². The lowest BCUT2D eigenvalue weighted by Gasteiger charge is -2.33. The van der Waals surface area contributed by atoms with Crippen molar-refractivity contribution >= 4 is 47.1 Å². The third-order valence-corrected chi connectivity index (χ3v) is 8.04. The summed E-state index contributed by atoms with van der Waals surface area (Å²) in [5.41, 5.74) is 16.1. The average molecular weight is 630 g/mol. The first-order chi connectivity index (χ1) is 21.2. The number of nitrogens with one attached hydrogen (secondary N) is 3. The van der Waals surface area contributed by atoms with Crippen molar-refractivity contribution in [2.75, 3.05) is 31.5 Å². The van der Waals surface area contributed by atoms with Crippen LogP contribution in [-0.4, -0.2) is 106 Å². The first-order valence-corrected chi connectivity index (χ1v) is 14.8. The number of aryl methyl sites for hydroxylation is 1. The van der Waals surface area contributed by atoms with Gasteiger partial charge in [-0.2, -0.15) is 0 Å². The van der Waals surface area contributed by atoms with Gasteiger partial charge in [0.2, 0.25) is 29.5 Å². The number of likely N-dealkylation sites (tertiary alicyclic amines) is 2. The van der Waals surface area contributed by atoms with Crippen molar-refractivity contribution in [2.24, 2.45) is 22.2 Å². The van der Waals surface area contributed by atoms with E-state index in [9.17, 15) is 33.9 Å². The van der Waals surface area contributed by atoms with Crippen molar-refractivity contribution in [3.63, 3.8) is 0 Å². The highest BCUT2D eigenvalue weighted by Gasteiger charge is 2.55. The highest BCUT2D eigenvalue weighted by molar-refractivity contribution is 6.03. The normalized spacial score (nSPS) is 19.5. The van der Waals surface area contributed by atoms with Gasteiger partial charge in [0.15, 0.2) is 5.96 Å². The molecule has 45 heavy (non-hydrogen) atoms. The van der Waals surface area contributed by atoms with E-state index in [4.69, 9.17) is 17.2 Å². The van der Waals surface area contributed by atoms with E-state index in [0.29, 0.717) is 43.5 Å². The van der Waals surface area contributed by atoms with Gasteiger partial charge in [0, 0.05) is 37.8 Å². The van der Waals surface area contributed by atoms with Gasteiger partial charge in [-0.05, 0) is 63.6 Å². The molecule has 2 saturated heterocycles. The number of aliphatic hydroxyl groups is 1. The Morgan fingerprint density at radius 2 is 1.80 bits per heavy atom. The van der Waals surface area contributed by atoms with Crippen molar-refractivity contribution in [3.05, 3.63) is 29.3 Å². The lowest BCUT2D eigenvalue weighted by molar-refractivity contribution is -0.139. The van der Waals surface area contributed by atoms with Crippen LogP contribution >= 0.6 is 0 Å². The molecule has 0 aliphatic carbocycles. The van der Waals surface area contributed by atoms with Crippen molar-refractivity contribution in [2.45, 2.75) is 76.6 Å². The summed E-state index contributed by atoms with van der Waals surface area (Å²) in [4.78, 5) is 83.3. The minimum absolute atomic E-state index is 0.0732. The molecule has 3 rings (SSSR count). The Morgan fingerprint density at radius 1 is 1.09 bits per heavy atom. The van der Waals surface area contributed by atoms with Gasteiger partial charge in [-0.1, -0.05) is 6.07 Å². The summed E-state index contributed by atoms with van der Waals surface area (Å²) in [5.74, 6) is -3.28. The summed E-state index contributed by atoms with van der Waals surface area (Å²) in [6.07, 6.45) is 0.803. The standard InChI is InChI=1S/C29H43N9O7/c1-16-7-8-19(14-21(16)35-25(43)20(34-18(3)40)6-4-11-33-28(31)32)26(44)38-12-5-9-29(38)10-13-37(27(29)45)15-22(41)36-23(17(2)39)24(30)42/h7-8,14,17,20,23,39H,4-6,9-13,15H2,1-3H3,(H2,30,42)(H,34,40)(H,35,43)(H,36,41)(H4,31,32,33)/t17?,20?,23-,29+/m0/s1. The molecule has 2 heterocycles. The summed E-state index contributed by atoms with van der Waals surface area (Å²) in [7, 11) is 0. The zero-order chi connectivity index (χ0) is 33.5. The monoisotopic (exact) mass is 629 g/mol. The molecule has 2 aliphatic rings. The molecule has 0 aromatic heterocycles. The minimum atomic E-state index is -1.30. The number of nitrogens with zero attached hydrogens (tertiary/aromatic N) is 3. The molecule has 6 amide bonds. The second-order valence-electron chi connectivity index (χ2n) is 11.5. The van der Waals surface area contributed by atoms with Crippen LogP contribution in [-0.2, 0) is 24.0 Å². The first kappa shape index (κ1) is 34.8. The number of aliphatic hydroxyl groups excluding tert-OH is 1. The van der Waals surface area contributed by atoms with E-state index in [1.54, 1.807) is 19.1 Å². The van der Waals surface area contributed by atoms with Gasteiger partial charge in [-0.25, -0.2) is 0 Å². The molecule has 16 nitrogen and oxygen atoms in total. The third kappa shape index (κ3) is 8.47. The lowest BCUT2D eigenvalue weighted by Crippen LogP contribution is -2.55. The fourth-order valence-corrected chi connectivity index (χ4v) is 5.74. The van der Waals surface area contributed by atoms with Gasteiger partial charge in [-0.3, -0.25) is 33.8 Å². The maximum atomic E-state index is 13.8. The molecule has 0 bridgehead atoms. The fourth-order valence-electron chi connectivity index (χ4n) is 5.74. The van der Waals surface area contributed by atoms with Crippen LogP contribution in [0.5, 0.6) is 0 Å². The van der Waals surface area contributed by atoms with Gasteiger partial charge in [0.25, 0.3) is 5.91 Å². The highest BCUT2D eigenvalue weighted by Crippen LogP contribution is 2.40. The summed E-state index contributed by atoms with van der Waals surface area (Å²) >= 11 is 0. The van der Waals surface area contributed by atoms with Gasteiger partial charge in [-0.15, -0.1) is 0 Å². The molecule has 2 aliphatic heterocycles. The number of aliphatic imine (C=N–C) groups is 1. The second-order valence-corrected chi connectivity index (χ2v) is 11.5. The number of carbonyl (C=O) groups is 6. The van der Waals surface area contributed by atoms with Crippen LogP contribution in [0.25, 0.3) is 0 Å². The van der Waals surface area contributed by atoms with Gasteiger partial charge >= 0.3 is 0 Å². The maximum Gasteiger partial charge on any atom is 0.254 e. The number of hydrogen-bond donors (Lipinski definition) is 7. The number of hydrogen-bond acceptors (Lipinski definition) is 8. The maximum absolute atomic E-state index is 13.8. The number of nitrogens with two attached hydrogens (primary N) is 3. The van der Waals surface area contributed by atoms with E-state index in [1.165, 1.54) is 29.7 Å². The SMILES string of the molecule is CC(=O)NC(CCCN=C(N)N)C(=O)Nc1cc(C(=O)N2CCC[C@]23CCN(CC(=O)N[C@H](C(N)=O)C(C)O)C3=O)ccc1C. The largest absolute Gasteiger partial charge is 0.391 e. The Bertz CT molecular complexity index is 1360. The van der Waals surface area contributed by atoms with Crippen molar-refractivity contribution in [1.29, 1.82) is 0 Å². The molecule has 16 heteroatoms. The molecule has 0 saturated carbocycles. The Labute approximate surface area is 261 Å². The summed E-state index contributed by atoms with van der Waals surface area (Å²) < 4.78 is 0. The number of carbonyl (C=O) groups excluding carboxylic acids is 6. The third-order valence-electron chi connectivity index (χ3n) is 8.04. The Balaban J connectivity index is 1.74. The molecule has 10 N–H and O–H groups in total. The molecule has 4 atom stereocenters. The minimum Gasteiger partial charge on any atom is -0.391 e. The predicted molar refractivity (Wildman–Crippen MR) is 164 cm³/mol. The summed E-state index contributed by atoms with van der Waals surface area (Å²) in [5, 5.41) is 17.5. The van der Waals surface area contributed by atoms with Crippen molar-refractivity contribution < 1.29 is 33.9 Å². The quantitative estimate of drug-likeness (QED) is 0.0726. The van der Waals surface area contributed by atoms with E-state index >= 15 is 0 Å². The average Bonchev–Trinajstić information content (AvgIpc) is 3.52. The van der Waals surface area contributed by atoms with E-state index in [0.717, 1.165) is 0 Å². The van der Waals surface area contributed by atoms with E-state index < -0.39 is 47.4 Å². The number of anilines is 1. The van der Waals surface area contributed by atoms with Gasteiger partial charge in [0.1, 0.15) is 17.6 Å². The van der Waals surface area contributed by atoms with Crippen LogP contribution in [0.15, 0.2) is 23.2 Å². The molecular weight excluding hydrogens is 586 g/mol. The number of rotatable bonds is 13.